The average Bonchev–Trinajstić information content (AvgIpc) is 3.33. The lowest BCUT2D eigenvalue weighted by Crippen LogP contribution is -2.53. The number of carbonyl (C=O) groups is 1. The number of aliphatic imine (C=N–C) groups is 1. The van der Waals surface area contributed by atoms with Gasteiger partial charge in [-0.3, -0.25) is 15.1 Å². The molecular weight excluding hydrogens is 552 g/mol. The zero-order valence-corrected chi connectivity index (χ0v) is 23.0. The fourth-order valence-corrected chi connectivity index (χ4v) is 4.73. The predicted molar refractivity (Wildman–Crippen MR) is 149 cm³/mol. The van der Waals surface area contributed by atoms with Crippen LogP contribution in [0, 0.1) is 0 Å². The smallest absolute Gasteiger partial charge is 0.266 e. The minimum atomic E-state index is -1.24. The van der Waals surface area contributed by atoms with Gasteiger partial charge in [-0.2, -0.15) is 0 Å². The molecule has 0 aliphatic carbocycles. The Morgan fingerprint density at radius 2 is 1.95 bits per heavy atom. The van der Waals surface area contributed by atoms with Crippen molar-refractivity contribution in [2.24, 2.45) is 4.99 Å². The number of amides is 1. The first-order valence-electron chi connectivity index (χ1n) is 12.9. The van der Waals surface area contributed by atoms with Crippen molar-refractivity contribution in [3.05, 3.63) is 76.8 Å². The summed E-state index contributed by atoms with van der Waals surface area (Å²) in [4.78, 5) is 20.9. The largest absolute Gasteiger partial charge is 0.494 e. The van der Waals surface area contributed by atoms with E-state index in [-0.39, 0.29) is 18.9 Å². The van der Waals surface area contributed by atoms with Crippen LogP contribution in [0.5, 0.6) is 5.75 Å². The topological polar surface area (TPSA) is 105 Å². The van der Waals surface area contributed by atoms with Crippen LogP contribution in [0.25, 0.3) is 0 Å². The molecule has 0 bridgehead atoms. The number of halogens is 1. The average molecular weight is 588 g/mol. The van der Waals surface area contributed by atoms with E-state index in [1.165, 1.54) is 0 Å². The van der Waals surface area contributed by atoms with Gasteiger partial charge < -0.3 is 19.3 Å². The van der Waals surface area contributed by atoms with Gasteiger partial charge in [-0.25, -0.2) is 10.4 Å². The van der Waals surface area contributed by atoms with Crippen LogP contribution in [0.3, 0.4) is 0 Å². The number of morpholine rings is 1. The van der Waals surface area contributed by atoms with Crippen LogP contribution in [0.1, 0.15) is 30.1 Å². The molecule has 2 aromatic rings. The minimum absolute atomic E-state index is 0.0791. The summed E-state index contributed by atoms with van der Waals surface area (Å²) in [6.45, 7) is 9.04. The van der Waals surface area contributed by atoms with Gasteiger partial charge in [-0.15, -0.1) is 6.58 Å². The van der Waals surface area contributed by atoms with Crippen molar-refractivity contribution in [2.75, 3.05) is 52.6 Å². The van der Waals surface area contributed by atoms with Crippen molar-refractivity contribution in [2.45, 2.75) is 24.5 Å². The molecule has 1 amide bonds. The molecule has 1 fully saturated rings. The maximum atomic E-state index is 13.7. The Morgan fingerprint density at radius 1 is 1.21 bits per heavy atom. The Kier molecular flexibility index (Phi) is 10.3. The van der Waals surface area contributed by atoms with Crippen LogP contribution >= 0.6 is 15.9 Å². The van der Waals surface area contributed by atoms with Crippen molar-refractivity contribution in [3.63, 3.8) is 0 Å². The summed E-state index contributed by atoms with van der Waals surface area (Å²) in [6.07, 6.45) is 1.90. The highest BCUT2D eigenvalue weighted by Crippen LogP contribution is 2.42. The number of nitrogens with one attached hydrogen (secondary N) is 2. The molecule has 0 spiro atoms. The molecule has 2 aliphatic heterocycles. The van der Waals surface area contributed by atoms with Crippen molar-refractivity contribution in [1.29, 1.82) is 0 Å². The lowest BCUT2D eigenvalue weighted by Gasteiger charge is -2.30. The second-order valence-corrected chi connectivity index (χ2v) is 10.1. The lowest BCUT2D eigenvalue weighted by molar-refractivity contribution is -0.129. The van der Waals surface area contributed by atoms with E-state index < -0.39 is 11.6 Å². The fourth-order valence-electron chi connectivity index (χ4n) is 4.46. The van der Waals surface area contributed by atoms with Crippen LogP contribution in [0.15, 0.2) is 70.7 Å². The van der Waals surface area contributed by atoms with E-state index in [4.69, 9.17) is 24.3 Å². The van der Waals surface area contributed by atoms with E-state index in [0.717, 1.165) is 48.4 Å². The molecule has 2 aromatic carbocycles. The molecule has 204 valence electrons. The fraction of sp³-hybridized carbons (Fsp3) is 0.429. The monoisotopic (exact) mass is 586 g/mol. The van der Waals surface area contributed by atoms with Crippen molar-refractivity contribution in [3.8, 4) is 5.75 Å². The number of benzene rings is 2. The SMILES string of the molecule is C=CC[C@]1(C(=O)NNCCN2CCOCC2)N=C(c2ccc(OCCCO)cc2)O[C@H]1c1ccc(Br)cc1. The first kappa shape index (κ1) is 28.3. The van der Waals surface area contributed by atoms with Crippen LogP contribution in [-0.4, -0.2) is 80.0 Å². The number of aliphatic hydroxyl groups excluding tert-OH is 1. The van der Waals surface area contributed by atoms with E-state index in [0.29, 0.717) is 31.2 Å². The Hall–Kier alpha value is -2.76. The van der Waals surface area contributed by atoms with Gasteiger partial charge in [0.1, 0.15) is 5.75 Å². The number of hydrogen-bond donors (Lipinski definition) is 3. The van der Waals surface area contributed by atoms with Crippen molar-refractivity contribution < 1.29 is 24.1 Å². The van der Waals surface area contributed by atoms with Crippen LogP contribution in [-0.2, 0) is 14.3 Å². The second-order valence-electron chi connectivity index (χ2n) is 9.17. The molecule has 0 radical (unpaired) electrons. The van der Waals surface area contributed by atoms with Gasteiger partial charge >= 0.3 is 0 Å². The summed E-state index contributed by atoms with van der Waals surface area (Å²) in [5, 5.41) is 8.97. The molecule has 0 saturated carbocycles. The number of hydrazine groups is 1. The highest BCUT2D eigenvalue weighted by molar-refractivity contribution is 9.10. The Labute approximate surface area is 232 Å². The van der Waals surface area contributed by atoms with Crippen LogP contribution < -0.4 is 15.6 Å². The normalized spacial score (nSPS) is 21.4. The first-order chi connectivity index (χ1) is 18.6. The molecule has 9 nitrogen and oxygen atoms in total. The van der Waals surface area contributed by atoms with E-state index in [1.807, 2.05) is 48.5 Å². The zero-order valence-electron chi connectivity index (χ0n) is 21.4. The van der Waals surface area contributed by atoms with E-state index >= 15 is 0 Å². The molecule has 10 heteroatoms. The number of carbonyl (C=O) groups excluding carboxylic acids is 1. The van der Waals surface area contributed by atoms with Gasteiger partial charge in [-0.05, 0) is 42.0 Å². The first-order valence-corrected chi connectivity index (χ1v) is 13.7. The molecule has 0 aromatic heterocycles. The highest BCUT2D eigenvalue weighted by atomic mass is 79.9. The third kappa shape index (κ3) is 7.00. The molecule has 2 heterocycles. The number of rotatable bonds is 13. The Bertz CT molecular complexity index is 1090. The summed E-state index contributed by atoms with van der Waals surface area (Å²) in [7, 11) is 0. The van der Waals surface area contributed by atoms with Gasteiger partial charge in [0.05, 0.1) is 19.8 Å². The standard InChI is InChI=1S/C28H35BrN4O5/c1-2-12-28(27(35)32-30-13-14-33-15-19-36-20-16-33)25(21-4-8-23(29)9-5-21)38-26(31-28)22-6-10-24(11-7-22)37-18-3-17-34/h2,4-11,25,30,34H,1,3,12-20H2,(H,32,35)/t25-,28-/m0/s1. The Morgan fingerprint density at radius 3 is 2.63 bits per heavy atom. The van der Waals surface area contributed by atoms with Crippen molar-refractivity contribution >= 4 is 27.7 Å². The maximum absolute atomic E-state index is 13.7. The molecule has 4 rings (SSSR count). The quantitative estimate of drug-likeness (QED) is 0.188. The zero-order chi connectivity index (χ0) is 26.8. The molecule has 0 unspecified atom stereocenters. The van der Waals surface area contributed by atoms with E-state index in [2.05, 4.69) is 38.3 Å². The third-order valence-corrected chi connectivity index (χ3v) is 7.05. The molecule has 38 heavy (non-hydrogen) atoms. The highest BCUT2D eigenvalue weighted by Gasteiger charge is 2.52. The summed E-state index contributed by atoms with van der Waals surface area (Å²) in [6, 6.07) is 15.1. The Balaban J connectivity index is 1.54. The van der Waals surface area contributed by atoms with Gasteiger partial charge in [0.15, 0.2) is 11.6 Å². The molecule has 2 aliphatic rings. The van der Waals surface area contributed by atoms with Crippen LogP contribution in [0.4, 0.5) is 0 Å². The summed E-state index contributed by atoms with van der Waals surface area (Å²) < 4.78 is 18.4. The minimum Gasteiger partial charge on any atom is -0.494 e. The molecule has 1 saturated heterocycles. The molecule has 2 atom stereocenters. The number of nitrogens with zero attached hydrogens (tertiary/aromatic N) is 2. The van der Waals surface area contributed by atoms with E-state index in [1.54, 1.807) is 6.08 Å². The van der Waals surface area contributed by atoms with Gasteiger partial charge in [-0.1, -0.05) is 34.1 Å². The molecule has 3 N–H and O–H groups in total. The number of hydrogen-bond acceptors (Lipinski definition) is 8. The maximum Gasteiger partial charge on any atom is 0.266 e. The second kappa shape index (κ2) is 13.9. The number of ether oxygens (including phenoxy) is 3. The van der Waals surface area contributed by atoms with Gasteiger partial charge in [0.25, 0.3) is 5.91 Å². The number of aliphatic hydroxyl groups is 1. The summed E-state index contributed by atoms with van der Waals surface area (Å²) in [5.74, 6) is 0.779. The predicted octanol–water partition coefficient (Wildman–Crippen LogP) is 3.00. The van der Waals surface area contributed by atoms with Crippen LogP contribution in [0.2, 0.25) is 0 Å². The summed E-state index contributed by atoms with van der Waals surface area (Å²) in [5.41, 5.74) is 6.28. The van der Waals surface area contributed by atoms with Crippen molar-refractivity contribution in [1.82, 2.24) is 15.8 Å². The van der Waals surface area contributed by atoms with Gasteiger partial charge in [0.2, 0.25) is 5.90 Å². The van der Waals surface area contributed by atoms with E-state index in [9.17, 15) is 4.79 Å². The lowest BCUT2D eigenvalue weighted by atomic mass is 9.84. The molecular formula is C28H35BrN4O5. The van der Waals surface area contributed by atoms with Gasteiger partial charge in [0, 0.05) is 55.7 Å². The third-order valence-electron chi connectivity index (χ3n) is 6.52. The summed E-state index contributed by atoms with van der Waals surface area (Å²) >= 11 is 3.48.